The van der Waals surface area contributed by atoms with Crippen molar-refractivity contribution in [2.24, 2.45) is 0 Å². The summed E-state index contributed by atoms with van der Waals surface area (Å²) in [6, 6.07) is 9.20. The lowest BCUT2D eigenvalue weighted by Crippen LogP contribution is -2.20. The monoisotopic (exact) mass is 299 g/mol. The van der Waals surface area contributed by atoms with Gasteiger partial charge in [0.2, 0.25) is 0 Å². The summed E-state index contributed by atoms with van der Waals surface area (Å²) < 4.78 is 5.50. The lowest BCUT2D eigenvalue weighted by molar-refractivity contribution is -0.118. The van der Waals surface area contributed by atoms with Gasteiger partial charge in [0.15, 0.2) is 6.61 Å². The molecule has 0 atom stereocenters. The van der Waals surface area contributed by atoms with E-state index in [0.29, 0.717) is 11.4 Å². The largest absolute Gasteiger partial charge is 0.507 e. The number of benzene rings is 2. The molecule has 4 nitrogen and oxygen atoms in total. The Morgan fingerprint density at radius 1 is 1.00 bits per heavy atom. The summed E-state index contributed by atoms with van der Waals surface area (Å²) in [4.78, 5) is 11.9. The van der Waals surface area contributed by atoms with E-state index in [0.717, 1.165) is 16.7 Å². The minimum Gasteiger partial charge on any atom is -0.507 e. The Morgan fingerprint density at radius 3 is 2.23 bits per heavy atom. The molecule has 0 bridgehead atoms. The molecule has 0 unspecified atom stereocenters. The molecule has 116 valence electrons. The summed E-state index contributed by atoms with van der Waals surface area (Å²) >= 11 is 0. The van der Waals surface area contributed by atoms with Gasteiger partial charge in [-0.25, -0.2) is 0 Å². The topological polar surface area (TPSA) is 58.6 Å². The van der Waals surface area contributed by atoms with Crippen molar-refractivity contribution in [3.05, 3.63) is 52.6 Å². The molecule has 0 aliphatic heterocycles. The summed E-state index contributed by atoms with van der Waals surface area (Å²) in [5.74, 6) is 0.698. The first-order valence-electron chi connectivity index (χ1n) is 7.17. The van der Waals surface area contributed by atoms with Gasteiger partial charge in [0.05, 0.1) is 0 Å². The van der Waals surface area contributed by atoms with Crippen LogP contribution in [0.4, 0.5) is 5.69 Å². The van der Waals surface area contributed by atoms with Gasteiger partial charge in [-0.15, -0.1) is 0 Å². The van der Waals surface area contributed by atoms with E-state index in [1.165, 1.54) is 5.56 Å². The molecule has 2 aromatic rings. The SMILES string of the molecule is Cc1ccc(OCC(=O)Nc2cc(C)c(O)c(C)c2)cc1C. The van der Waals surface area contributed by atoms with Crippen molar-refractivity contribution in [3.63, 3.8) is 0 Å². The minimum absolute atomic E-state index is 0.0541. The van der Waals surface area contributed by atoms with Crippen LogP contribution >= 0.6 is 0 Å². The number of hydrogen-bond donors (Lipinski definition) is 2. The highest BCUT2D eigenvalue weighted by Crippen LogP contribution is 2.25. The number of phenolic OH excluding ortho intramolecular Hbond substituents is 1. The molecule has 0 saturated carbocycles. The van der Waals surface area contributed by atoms with Crippen molar-refractivity contribution in [1.82, 2.24) is 0 Å². The average Bonchev–Trinajstić information content (AvgIpc) is 2.46. The summed E-state index contributed by atoms with van der Waals surface area (Å²) in [5.41, 5.74) is 4.42. The number of hydrogen-bond acceptors (Lipinski definition) is 3. The fourth-order valence-electron chi connectivity index (χ4n) is 2.18. The van der Waals surface area contributed by atoms with E-state index in [4.69, 9.17) is 4.74 Å². The average molecular weight is 299 g/mol. The molecule has 22 heavy (non-hydrogen) atoms. The van der Waals surface area contributed by atoms with E-state index < -0.39 is 0 Å². The molecule has 2 N–H and O–H groups in total. The second-order valence-corrected chi connectivity index (χ2v) is 5.54. The number of aromatic hydroxyl groups is 1. The normalized spacial score (nSPS) is 10.4. The van der Waals surface area contributed by atoms with Crippen LogP contribution in [0.3, 0.4) is 0 Å². The van der Waals surface area contributed by atoms with Crippen molar-refractivity contribution in [1.29, 1.82) is 0 Å². The van der Waals surface area contributed by atoms with Crippen LogP contribution in [0.5, 0.6) is 11.5 Å². The Morgan fingerprint density at radius 2 is 1.64 bits per heavy atom. The van der Waals surface area contributed by atoms with Gasteiger partial charge < -0.3 is 15.2 Å². The number of nitrogens with one attached hydrogen (secondary N) is 1. The highest BCUT2D eigenvalue weighted by molar-refractivity contribution is 5.92. The second-order valence-electron chi connectivity index (χ2n) is 5.54. The Hall–Kier alpha value is -2.49. The van der Waals surface area contributed by atoms with Gasteiger partial charge >= 0.3 is 0 Å². The van der Waals surface area contributed by atoms with Crippen molar-refractivity contribution >= 4 is 11.6 Å². The molecule has 2 rings (SSSR count). The molecular formula is C18H21NO3. The van der Waals surface area contributed by atoms with Gasteiger partial charge in [0, 0.05) is 5.69 Å². The third-order valence-corrected chi connectivity index (χ3v) is 3.62. The summed E-state index contributed by atoms with van der Waals surface area (Å²) in [6.45, 7) is 7.57. The maximum Gasteiger partial charge on any atom is 0.262 e. The summed E-state index contributed by atoms with van der Waals surface area (Å²) in [6.07, 6.45) is 0. The second kappa shape index (κ2) is 6.52. The first-order chi connectivity index (χ1) is 10.4. The third-order valence-electron chi connectivity index (χ3n) is 3.62. The van der Waals surface area contributed by atoms with Gasteiger partial charge in [-0.2, -0.15) is 0 Å². The van der Waals surface area contributed by atoms with E-state index in [1.807, 2.05) is 32.0 Å². The molecule has 4 heteroatoms. The van der Waals surface area contributed by atoms with E-state index >= 15 is 0 Å². The van der Waals surface area contributed by atoms with Crippen LogP contribution in [0.15, 0.2) is 30.3 Å². The minimum atomic E-state index is -0.234. The molecule has 0 aliphatic rings. The molecule has 2 aromatic carbocycles. The van der Waals surface area contributed by atoms with Crippen molar-refractivity contribution < 1.29 is 14.6 Å². The first kappa shape index (κ1) is 15.9. The fourth-order valence-corrected chi connectivity index (χ4v) is 2.18. The standard InChI is InChI=1S/C18H21NO3/c1-11-5-6-16(9-12(11)2)22-10-17(20)19-15-7-13(3)18(21)14(4)8-15/h5-9,21H,10H2,1-4H3,(H,19,20). The van der Waals surface area contributed by atoms with Gasteiger partial charge in [-0.3, -0.25) is 4.79 Å². The van der Waals surface area contributed by atoms with Crippen molar-refractivity contribution in [3.8, 4) is 11.5 Å². The maximum absolute atomic E-state index is 11.9. The first-order valence-corrected chi connectivity index (χ1v) is 7.17. The zero-order valence-corrected chi connectivity index (χ0v) is 13.4. The van der Waals surface area contributed by atoms with Crippen LogP contribution in [0, 0.1) is 27.7 Å². The molecule has 0 aromatic heterocycles. The van der Waals surface area contributed by atoms with Crippen molar-refractivity contribution in [2.75, 3.05) is 11.9 Å². The van der Waals surface area contributed by atoms with Crippen LogP contribution in [-0.4, -0.2) is 17.6 Å². The molecule has 0 saturated heterocycles. The fraction of sp³-hybridized carbons (Fsp3) is 0.278. The molecule has 0 fully saturated rings. The number of carbonyl (C=O) groups excluding carboxylic acids is 1. The zero-order valence-electron chi connectivity index (χ0n) is 13.4. The van der Waals surface area contributed by atoms with Crippen LogP contribution in [0.2, 0.25) is 0 Å². The van der Waals surface area contributed by atoms with E-state index in [-0.39, 0.29) is 18.3 Å². The highest BCUT2D eigenvalue weighted by atomic mass is 16.5. The quantitative estimate of drug-likeness (QED) is 0.847. The predicted molar refractivity (Wildman–Crippen MR) is 87.6 cm³/mol. The number of phenols is 1. The molecular weight excluding hydrogens is 278 g/mol. The number of rotatable bonds is 4. The van der Waals surface area contributed by atoms with Crippen LogP contribution in [0.1, 0.15) is 22.3 Å². The molecule has 0 radical (unpaired) electrons. The Kier molecular flexibility index (Phi) is 4.71. The van der Waals surface area contributed by atoms with Crippen LogP contribution < -0.4 is 10.1 Å². The van der Waals surface area contributed by atoms with Gasteiger partial charge in [-0.05, 0) is 74.2 Å². The Bertz CT molecular complexity index is 684. The zero-order chi connectivity index (χ0) is 16.3. The summed E-state index contributed by atoms with van der Waals surface area (Å²) in [7, 11) is 0. The maximum atomic E-state index is 11.9. The highest BCUT2D eigenvalue weighted by Gasteiger charge is 2.08. The van der Waals surface area contributed by atoms with Crippen LogP contribution in [-0.2, 0) is 4.79 Å². The third kappa shape index (κ3) is 3.79. The van der Waals surface area contributed by atoms with E-state index in [1.54, 1.807) is 26.0 Å². The molecule has 0 aliphatic carbocycles. The number of aryl methyl sites for hydroxylation is 4. The molecule has 0 spiro atoms. The van der Waals surface area contributed by atoms with Crippen molar-refractivity contribution in [2.45, 2.75) is 27.7 Å². The van der Waals surface area contributed by atoms with E-state index in [2.05, 4.69) is 5.32 Å². The molecule has 0 heterocycles. The smallest absolute Gasteiger partial charge is 0.262 e. The number of anilines is 1. The number of amides is 1. The Labute approximate surface area is 130 Å². The van der Waals surface area contributed by atoms with Gasteiger partial charge in [0.1, 0.15) is 11.5 Å². The Balaban J connectivity index is 1.97. The van der Waals surface area contributed by atoms with Gasteiger partial charge in [0.25, 0.3) is 5.91 Å². The number of carbonyl (C=O) groups is 1. The van der Waals surface area contributed by atoms with Crippen LogP contribution in [0.25, 0.3) is 0 Å². The van der Waals surface area contributed by atoms with E-state index in [9.17, 15) is 9.90 Å². The number of ether oxygens (including phenoxy) is 1. The lowest BCUT2D eigenvalue weighted by atomic mass is 10.1. The lowest BCUT2D eigenvalue weighted by Gasteiger charge is -2.11. The summed E-state index contributed by atoms with van der Waals surface area (Å²) in [5, 5.41) is 12.5. The predicted octanol–water partition coefficient (Wildman–Crippen LogP) is 3.64. The molecule has 1 amide bonds. The van der Waals surface area contributed by atoms with Gasteiger partial charge in [-0.1, -0.05) is 6.07 Å².